The minimum absolute atomic E-state index is 0.0813. The highest BCUT2D eigenvalue weighted by molar-refractivity contribution is 7.92. The summed E-state index contributed by atoms with van der Waals surface area (Å²) in [5, 5.41) is 2.80. The quantitative estimate of drug-likeness (QED) is 0.348. The third-order valence-electron chi connectivity index (χ3n) is 4.60. The monoisotopic (exact) mass is 494 g/mol. The highest BCUT2D eigenvalue weighted by Crippen LogP contribution is 2.36. The number of benzene rings is 3. The van der Waals surface area contributed by atoms with E-state index < -0.39 is 32.7 Å². The number of fused-ring (bicyclic) bond motifs is 1. The molecule has 4 aromatic rings. The Morgan fingerprint density at radius 3 is 2.24 bits per heavy atom. The van der Waals surface area contributed by atoms with E-state index in [1.807, 2.05) is 0 Å². The summed E-state index contributed by atoms with van der Waals surface area (Å²) in [6, 6.07) is 16.5. The van der Waals surface area contributed by atoms with Crippen LogP contribution in [0.5, 0.6) is 0 Å². The van der Waals surface area contributed by atoms with Gasteiger partial charge in [0.1, 0.15) is 5.58 Å². The average molecular weight is 495 g/mol. The van der Waals surface area contributed by atoms with Crippen molar-refractivity contribution in [2.75, 3.05) is 10.0 Å². The first-order chi connectivity index (χ1) is 15.5. The molecular weight excluding hydrogens is 481 g/mol. The molecule has 1 heterocycles. The summed E-state index contributed by atoms with van der Waals surface area (Å²) < 4.78 is 71.8. The summed E-state index contributed by atoms with van der Waals surface area (Å²) in [4.78, 5) is 12.2. The Kier molecular flexibility index (Phi) is 5.81. The SMILES string of the molecule is O=C(Nc1ccc(S(=O)(=O)Nc2ccc(Cl)c(C(F)(F)F)c2)cc1)c1cc2ccccc2o1. The minimum Gasteiger partial charge on any atom is -0.451 e. The van der Waals surface area contributed by atoms with Gasteiger partial charge in [-0.05, 0) is 54.6 Å². The Morgan fingerprint density at radius 1 is 0.909 bits per heavy atom. The smallest absolute Gasteiger partial charge is 0.417 e. The molecule has 0 unspecified atom stereocenters. The van der Waals surface area contributed by atoms with Crippen LogP contribution in [0, 0.1) is 0 Å². The van der Waals surface area contributed by atoms with Gasteiger partial charge in [-0.1, -0.05) is 29.8 Å². The van der Waals surface area contributed by atoms with Crippen LogP contribution in [0.1, 0.15) is 16.1 Å². The summed E-state index contributed by atoms with van der Waals surface area (Å²) in [6.07, 6.45) is -4.74. The van der Waals surface area contributed by atoms with Crippen molar-refractivity contribution in [2.45, 2.75) is 11.1 Å². The highest BCUT2D eigenvalue weighted by atomic mass is 35.5. The van der Waals surface area contributed by atoms with Crippen LogP contribution in [-0.2, 0) is 16.2 Å². The molecule has 6 nitrogen and oxygen atoms in total. The number of rotatable bonds is 5. The Bertz CT molecular complexity index is 1420. The number of alkyl halides is 3. The van der Waals surface area contributed by atoms with E-state index >= 15 is 0 Å². The van der Waals surface area contributed by atoms with Gasteiger partial charge in [0.25, 0.3) is 15.9 Å². The van der Waals surface area contributed by atoms with Gasteiger partial charge in [0.2, 0.25) is 0 Å². The van der Waals surface area contributed by atoms with Crippen LogP contribution in [-0.4, -0.2) is 14.3 Å². The van der Waals surface area contributed by atoms with Crippen molar-refractivity contribution in [3.05, 3.63) is 89.1 Å². The van der Waals surface area contributed by atoms with E-state index in [1.165, 1.54) is 24.3 Å². The fourth-order valence-corrected chi connectivity index (χ4v) is 4.30. The molecule has 0 aliphatic rings. The van der Waals surface area contributed by atoms with E-state index in [4.69, 9.17) is 16.0 Å². The zero-order valence-electron chi connectivity index (χ0n) is 16.5. The summed E-state index contributed by atoms with van der Waals surface area (Å²) in [6.45, 7) is 0. The van der Waals surface area contributed by atoms with E-state index in [0.29, 0.717) is 17.3 Å². The molecule has 0 bridgehead atoms. The molecule has 0 spiro atoms. The van der Waals surface area contributed by atoms with E-state index in [-0.39, 0.29) is 16.3 Å². The Labute approximate surface area is 191 Å². The number of carbonyl (C=O) groups excluding carboxylic acids is 1. The number of hydrogen-bond acceptors (Lipinski definition) is 4. The lowest BCUT2D eigenvalue weighted by Gasteiger charge is -2.13. The number of nitrogens with one attached hydrogen (secondary N) is 2. The minimum atomic E-state index is -4.74. The molecule has 3 aromatic carbocycles. The van der Waals surface area contributed by atoms with Crippen LogP contribution < -0.4 is 10.0 Å². The maximum absolute atomic E-state index is 13.0. The van der Waals surface area contributed by atoms with E-state index in [2.05, 4.69) is 10.0 Å². The van der Waals surface area contributed by atoms with Gasteiger partial charge in [-0.25, -0.2) is 8.42 Å². The summed E-state index contributed by atoms with van der Waals surface area (Å²) in [7, 11) is -4.19. The predicted molar refractivity (Wildman–Crippen MR) is 118 cm³/mol. The van der Waals surface area contributed by atoms with Crippen molar-refractivity contribution >= 4 is 49.9 Å². The topological polar surface area (TPSA) is 88.4 Å². The number of anilines is 2. The lowest BCUT2D eigenvalue weighted by atomic mass is 10.2. The molecule has 0 saturated heterocycles. The fraction of sp³-hybridized carbons (Fsp3) is 0.0455. The number of carbonyl (C=O) groups is 1. The van der Waals surface area contributed by atoms with Crippen LogP contribution in [0.3, 0.4) is 0 Å². The molecule has 1 aromatic heterocycles. The van der Waals surface area contributed by atoms with Crippen molar-refractivity contribution in [3.63, 3.8) is 0 Å². The normalized spacial score (nSPS) is 12.0. The third-order valence-corrected chi connectivity index (χ3v) is 6.32. The van der Waals surface area contributed by atoms with Gasteiger partial charge < -0.3 is 9.73 Å². The first kappa shape index (κ1) is 22.7. The van der Waals surface area contributed by atoms with Crippen LogP contribution in [0.4, 0.5) is 24.5 Å². The first-order valence-corrected chi connectivity index (χ1v) is 11.2. The Morgan fingerprint density at radius 2 is 1.58 bits per heavy atom. The lowest BCUT2D eigenvalue weighted by Crippen LogP contribution is -2.15. The number of para-hydroxylation sites is 1. The van der Waals surface area contributed by atoms with Crippen molar-refractivity contribution in [2.24, 2.45) is 0 Å². The molecule has 0 radical (unpaired) electrons. The van der Waals surface area contributed by atoms with E-state index in [1.54, 1.807) is 30.3 Å². The first-order valence-electron chi connectivity index (χ1n) is 9.32. The molecule has 0 fully saturated rings. The Balaban J connectivity index is 1.49. The lowest BCUT2D eigenvalue weighted by molar-refractivity contribution is -0.137. The second-order valence-electron chi connectivity index (χ2n) is 6.92. The summed E-state index contributed by atoms with van der Waals surface area (Å²) in [5.74, 6) is -0.446. The Hall–Kier alpha value is -3.50. The van der Waals surface area contributed by atoms with Gasteiger partial charge in [0.15, 0.2) is 5.76 Å². The van der Waals surface area contributed by atoms with E-state index in [9.17, 15) is 26.4 Å². The molecule has 2 N–H and O–H groups in total. The van der Waals surface area contributed by atoms with Crippen molar-refractivity contribution in [1.82, 2.24) is 0 Å². The predicted octanol–water partition coefficient (Wildman–Crippen LogP) is 6.16. The largest absolute Gasteiger partial charge is 0.451 e. The van der Waals surface area contributed by atoms with Gasteiger partial charge in [0.05, 0.1) is 15.5 Å². The van der Waals surface area contributed by atoms with Crippen molar-refractivity contribution in [3.8, 4) is 0 Å². The van der Waals surface area contributed by atoms with E-state index in [0.717, 1.165) is 17.5 Å². The molecule has 4 rings (SSSR count). The molecule has 33 heavy (non-hydrogen) atoms. The van der Waals surface area contributed by atoms with Gasteiger partial charge in [0, 0.05) is 16.8 Å². The zero-order chi connectivity index (χ0) is 23.8. The standard InChI is InChI=1S/C22H14ClF3N2O4S/c23-18-10-7-15(12-17(18)22(24,25)26)28-33(30,31)16-8-5-14(6-9-16)27-21(29)20-11-13-3-1-2-4-19(13)32-20/h1-12,28H,(H,27,29). The van der Waals surface area contributed by atoms with Crippen LogP contribution in [0.2, 0.25) is 5.02 Å². The molecule has 11 heteroatoms. The molecular formula is C22H14ClF3N2O4S. The molecule has 0 atom stereocenters. The van der Waals surface area contributed by atoms with Crippen LogP contribution in [0.15, 0.2) is 82.1 Å². The van der Waals surface area contributed by atoms with Crippen LogP contribution >= 0.6 is 11.6 Å². The molecule has 1 amide bonds. The maximum Gasteiger partial charge on any atom is 0.417 e. The second kappa shape index (κ2) is 8.45. The second-order valence-corrected chi connectivity index (χ2v) is 9.01. The number of halogens is 4. The number of furan rings is 1. The maximum atomic E-state index is 13.0. The van der Waals surface area contributed by atoms with Gasteiger partial charge in [-0.15, -0.1) is 0 Å². The van der Waals surface area contributed by atoms with Crippen LogP contribution in [0.25, 0.3) is 11.0 Å². The number of amides is 1. The third kappa shape index (κ3) is 4.96. The molecule has 0 aliphatic carbocycles. The number of hydrogen-bond donors (Lipinski definition) is 2. The molecule has 170 valence electrons. The number of sulfonamides is 1. The zero-order valence-corrected chi connectivity index (χ0v) is 18.1. The average Bonchev–Trinajstić information content (AvgIpc) is 3.19. The van der Waals surface area contributed by atoms with Gasteiger partial charge >= 0.3 is 6.18 Å². The van der Waals surface area contributed by atoms with Crippen molar-refractivity contribution < 1.29 is 30.8 Å². The van der Waals surface area contributed by atoms with Gasteiger partial charge in [-0.2, -0.15) is 13.2 Å². The highest BCUT2D eigenvalue weighted by Gasteiger charge is 2.33. The molecule has 0 saturated carbocycles. The van der Waals surface area contributed by atoms with Gasteiger partial charge in [-0.3, -0.25) is 9.52 Å². The summed E-state index contributed by atoms with van der Waals surface area (Å²) in [5.41, 5.74) is -0.613. The molecule has 0 aliphatic heterocycles. The summed E-state index contributed by atoms with van der Waals surface area (Å²) >= 11 is 5.56. The van der Waals surface area contributed by atoms with Crippen molar-refractivity contribution in [1.29, 1.82) is 0 Å². The fourth-order valence-electron chi connectivity index (χ4n) is 3.02.